The lowest BCUT2D eigenvalue weighted by Gasteiger charge is -2.29. The Morgan fingerprint density at radius 2 is 1.66 bits per heavy atom. The van der Waals surface area contributed by atoms with Crippen LogP contribution in [0.1, 0.15) is 25.8 Å². The Kier molecular flexibility index (Phi) is 10.6. The highest BCUT2D eigenvalue weighted by Gasteiger charge is 2.38. The second-order valence-electron chi connectivity index (χ2n) is 7.75. The summed E-state index contributed by atoms with van der Waals surface area (Å²) in [4.78, 5) is 23.4. The lowest BCUT2D eigenvalue weighted by molar-refractivity contribution is -0.192. The number of amides is 1. The van der Waals surface area contributed by atoms with Gasteiger partial charge in [0.15, 0.2) is 0 Å². The summed E-state index contributed by atoms with van der Waals surface area (Å²) >= 11 is 0. The molecule has 1 heterocycles. The summed E-state index contributed by atoms with van der Waals surface area (Å²) in [5.41, 5.74) is 1.02. The van der Waals surface area contributed by atoms with E-state index in [2.05, 4.69) is 5.32 Å². The number of rotatable bonds is 7. The highest BCUT2D eigenvalue weighted by atomic mass is 32.2. The van der Waals surface area contributed by atoms with Crippen LogP contribution in [0.3, 0.4) is 0 Å². The van der Waals surface area contributed by atoms with E-state index in [9.17, 15) is 26.4 Å². The SMILES string of the molecule is Cc1ccc(S(=O)(=O)N(CCC(=O)N2CCNCC2)CC(C)C)cc1.O=C(O)C(F)(F)F. The number of nitrogens with zero attached hydrogens (tertiary/aromatic N) is 2. The van der Waals surface area contributed by atoms with Gasteiger partial charge < -0.3 is 15.3 Å². The van der Waals surface area contributed by atoms with Crippen LogP contribution in [0.15, 0.2) is 29.2 Å². The molecule has 182 valence electrons. The van der Waals surface area contributed by atoms with Gasteiger partial charge in [0, 0.05) is 45.7 Å². The van der Waals surface area contributed by atoms with Crippen LogP contribution < -0.4 is 5.32 Å². The zero-order chi connectivity index (χ0) is 24.5. The Hall–Kier alpha value is -2.18. The molecule has 32 heavy (non-hydrogen) atoms. The third-order valence-electron chi connectivity index (χ3n) is 4.51. The molecule has 2 N–H and O–H groups in total. The first kappa shape index (κ1) is 27.9. The normalized spacial score (nSPS) is 14.8. The van der Waals surface area contributed by atoms with Gasteiger partial charge in [-0.05, 0) is 25.0 Å². The third kappa shape index (κ3) is 9.13. The summed E-state index contributed by atoms with van der Waals surface area (Å²) in [5, 5.41) is 10.3. The molecule has 12 heteroatoms. The monoisotopic (exact) mass is 481 g/mol. The van der Waals surface area contributed by atoms with Crippen molar-refractivity contribution in [2.75, 3.05) is 39.3 Å². The minimum Gasteiger partial charge on any atom is -0.475 e. The van der Waals surface area contributed by atoms with E-state index < -0.39 is 22.2 Å². The number of piperazine rings is 1. The van der Waals surface area contributed by atoms with Gasteiger partial charge in [0.25, 0.3) is 0 Å². The largest absolute Gasteiger partial charge is 0.490 e. The third-order valence-corrected chi connectivity index (χ3v) is 6.39. The number of carbonyl (C=O) groups excluding carboxylic acids is 1. The number of carboxylic acids is 1. The van der Waals surface area contributed by atoms with Crippen LogP contribution in [0.25, 0.3) is 0 Å². The second kappa shape index (κ2) is 12.2. The Bertz CT molecular complexity index is 852. The van der Waals surface area contributed by atoms with Crippen LogP contribution in [0.5, 0.6) is 0 Å². The summed E-state index contributed by atoms with van der Waals surface area (Å²) in [6.45, 7) is 9.48. The van der Waals surface area contributed by atoms with Crippen molar-refractivity contribution in [2.45, 2.75) is 38.3 Å². The molecule has 1 saturated heterocycles. The number of hydrogen-bond donors (Lipinski definition) is 2. The zero-order valence-electron chi connectivity index (χ0n) is 18.4. The first-order valence-corrected chi connectivity index (χ1v) is 11.5. The summed E-state index contributed by atoms with van der Waals surface area (Å²) in [5.74, 6) is -2.55. The van der Waals surface area contributed by atoms with Crippen molar-refractivity contribution in [3.05, 3.63) is 29.8 Å². The fourth-order valence-corrected chi connectivity index (χ4v) is 4.47. The van der Waals surface area contributed by atoms with Crippen molar-refractivity contribution in [3.8, 4) is 0 Å². The molecule has 1 aromatic carbocycles. The van der Waals surface area contributed by atoms with Crippen molar-refractivity contribution in [2.24, 2.45) is 5.92 Å². The smallest absolute Gasteiger partial charge is 0.475 e. The van der Waals surface area contributed by atoms with Crippen LogP contribution in [0, 0.1) is 12.8 Å². The van der Waals surface area contributed by atoms with Gasteiger partial charge in [-0.2, -0.15) is 17.5 Å². The highest BCUT2D eigenvalue weighted by molar-refractivity contribution is 7.89. The van der Waals surface area contributed by atoms with E-state index in [1.165, 1.54) is 4.31 Å². The van der Waals surface area contributed by atoms with Gasteiger partial charge in [-0.25, -0.2) is 13.2 Å². The van der Waals surface area contributed by atoms with Crippen LogP contribution in [-0.2, 0) is 19.6 Å². The average molecular weight is 482 g/mol. The molecule has 0 aromatic heterocycles. The van der Waals surface area contributed by atoms with Crippen molar-refractivity contribution in [3.63, 3.8) is 0 Å². The maximum absolute atomic E-state index is 13.0. The number of alkyl halides is 3. The van der Waals surface area contributed by atoms with E-state index in [0.717, 1.165) is 18.7 Å². The van der Waals surface area contributed by atoms with E-state index in [1.807, 2.05) is 25.7 Å². The fraction of sp³-hybridized carbons (Fsp3) is 0.600. The molecule has 1 aromatic rings. The number of benzene rings is 1. The second-order valence-corrected chi connectivity index (χ2v) is 9.69. The van der Waals surface area contributed by atoms with Crippen molar-refractivity contribution in [1.29, 1.82) is 0 Å². The van der Waals surface area contributed by atoms with E-state index in [4.69, 9.17) is 9.90 Å². The molecule has 8 nitrogen and oxygen atoms in total. The summed E-state index contributed by atoms with van der Waals surface area (Å²) < 4.78 is 59.1. The number of sulfonamides is 1. The Morgan fingerprint density at radius 1 is 1.16 bits per heavy atom. The molecule has 0 spiro atoms. The first-order chi connectivity index (χ1) is 14.7. The standard InChI is InChI=1S/C18H29N3O3S.C2HF3O2/c1-15(2)14-21(11-8-18(22)20-12-9-19-10-13-20)25(23,24)17-6-4-16(3)5-7-17;3-2(4,5)1(6)7/h4-7,15,19H,8-14H2,1-3H3;(H,6,7). The van der Waals surface area contributed by atoms with Gasteiger partial charge >= 0.3 is 12.1 Å². The lowest BCUT2D eigenvalue weighted by atomic mass is 10.2. The number of carbonyl (C=O) groups is 2. The lowest BCUT2D eigenvalue weighted by Crippen LogP contribution is -2.47. The van der Waals surface area contributed by atoms with Crippen molar-refractivity contribution < 1.29 is 36.3 Å². The Labute approximate surface area is 186 Å². The quantitative estimate of drug-likeness (QED) is 0.618. The van der Waals surface area contributed by atoms with Gasteiger partial charge in [0.2, 0.25) is 15.9 Å². The first-order valence-electron chi connectivity index (χ1n) is 10.1. The fourth-order valence-electron chi connectivity index (χ4n) is 2.87. The number of carboxylic acid groups (broad SMARTS) is 1. The molecule has 0 aliphatic carbocycles. The highest BCUT2D eigenvalue weighted by Crippen LogP contribution is 2.18. The Morgan fingerprint density at radius 3 is 2.09 bits per heavy atom. The molecule has 1 aliphatic rings. The van der Waals surface area contributed by atoms with E-state index >= 15 is 0 Å². The van der Waals surface area contributed by atoms with Crippen LogP contribution in [0.2, 0.25) is 0 Å². The van der Waals surface area contributed by atoms with Crippen LogP contribution in [-0.4, -0.2) is 80.1 Å². The molecule has 0 bridgehead atoms. The van der Waals surface area contributed by atoms with E-state index in [-0.39, 0.29) is 29.7 Å². The number of nitrogens with one attached hydrogen (secondary N) is 1. The number of aryl methyl sites for hydroxylation is 1. The van der Waals surface area contributed by atoms with Crippen LogP contribution >= 0.6 is 0 Å². The predicted octanol–water partition coefficient (Wildman–Crippen LogP) is 2.10. The molecule has 0 atom stereocenters. The molecule has 0 unspecified atom stereocenters. The maximum Gasteiger partial charge on any atom is 0.490 e. The number of halogens is 3. The predicted molar refractivity (Wildman–Crippen MR) is 113 cm³/mol. The molecular weight excluding hydrogens is 451 g/mol. The van der Waals surface area contributed by atoms with Gasteiger partial charge in [-0.1, -0.05) is 31.5 Å². The minimum absolute atomic E-state index is 0.0226. The molecule has 2 rings (SSSR count). The summed E-state index contributed by atoms with van der Waals surface area (Å²) in [7, 11) is -3.59. The van der Waals surface area contributed by atoms with Gasteiger partial charge in [0.05, 0.1) is 4.90 Å². The van der Waals surface area contributed by atoms with Gasteiger partial charge in [-0.3, -0.25) is 4.79 Å². The Balaban J connectivity index is 0.000000633. The molecule has 0 saturated carbocycles. The maximum atomic E-state index is 13.0. The number of aliphatic carboxylic acids is 1. The minimum atomic E-state index is -5.08. The molecule has 1 amide bonds. The summed E-state index contributed by atoms with van der Waals surface area (Å²) in [6.07, 6.45) is -4.86. The average Bonchev–Trinajstić information content (AvgIpc) is 2.71. The topological polar surface area (TPSA) is 107 Å². The van der Waals surface area contributed by atoms with Crippen molar-refractivity contribution in [1.82, 2.24) is 14.5 Å². The summed E-state index contributed by atoms with van der Waals surface area (Å²) in [6, 6.07) is 6.87. The van der Waals surface area contributed by atoms with Crippen LogP contribution in [0.4, 0.5) is 13.2 Å². The molecule has 1 fully saturated rings. The number of hydrogen-bond acceptors (Lipinski definition) is 5. The zero-order valence-corrected chi connectivity index (χ0v) is 19.2. The van der Waals surface area contributed by atoms with E-state index in [1.54, 1.807) is 24.3 Å². The molecular formula is C20H30F3N3O5S. The van der Waals surface area contributed by atoms with E-state index in [0.29, 0.717) is 19.6 Å². The van der Waals surface area contributed by atoms with Gasteiger partial charge in [-0.15, -0.1) is 0 Å². The molecule has 1 aliphatic heterocycles. The van der Waals surface area contributed by atoms with Crippen molar-refractivity contribution >= 4 is 21.9 Å². The molecule has 0 radical (unpaired) electrons. The van der Waals surface area contributed by atoms with Gasteiger partial charge in [0.1, 0.15) is 0 Å².